The van der Waals surface area contributed by atoms with Gasteiger partial charge in [-0.05, 0) is 0 Å². The number of carboxylic acid groups (broad SMARTS) is 7. The van der Waals surface area contributed by atoms with Crippen molar-refractivity contribution >= 4 is 109 Å². The summed E-state index contributed by atoms with van der Waals surface area (Å²) in [6.45, 7) is -2.72. The fourth-order valence-corrected chi connectivity index (χ4v) is 0. The number of nitrogens with two attached hydrogens (primary N) is 7. The molecule has 41 heavy (non-hydrogen) atoms. The van der Waals surface area contributed by atoms with Crippen LogP contribution in [0.2, 0.25) is 0 Å². The predicted molar refractivity (Wildman–Crippen MR) is 133 cm³/mol. The topological polar surface area (TPSA) is 463 Å². The molecule has 0 bridgehead atoms. The first-order valence-electron chi connectivity index (χ1n) is 8.19. The minimum atomic E-state index is -1.22. The van der Waals surface area contributed by atoms with E-state index in [4.69, 9.17) is 69.3 Å². The molecule has 0 aromatic rings. The summed E-state index contributed by atoms with van der Waals surface area (Å²) in [6.07, 6.45) is 0. The van der Waals surface area contributed by atoms with Crippen molar-refractivity contribution in [3.05, 3.63) is 0 Å². The smallest absolute Gasteiger partial charge is 0.549 e. The van der Waals surface area contributed by atoms with Gasteiger partial charge in [0.1, 0.15) is 0 Å². The summed E-state index contributed by atoms with van der Waals surface area (Å²) in [4.78, 5) is 63.9. The summed E-state index contributed by atoms with van der Waals surface area (Å²) in [5.74, 6) is -8.52. The van der Waals surface area contributed by atoms with E-state index in [1.807, 2.05) is 0 Å². The Labute approximate surface area is 288 Å². The molecule has 0 aliphatic rings. The number of carbonyl (C=O) groups is 7. The van der Waals surface area contributed by atoms with Gasteiger partial charge in [-0.25, -0.2) is 0 Å². The maximum absolute atomic E-state index is 9.13. The van der Waals surface area contributed by atoms with Crippen LogP contribution >= 0.6 is 49.6 Å². The van der Waals surface area contributed by atoms with Crippen molar-refractivity contribution in [1.82, 2.24) is 0 Å². The zero-order chi connectivity index (χ0) is 30.0. The molecular weight excluding hydrogens is 750 g/mol. The number of halogens is 4. The molecule has 0 amide bonds. The first kappa shape index (κ1) is 83.4. The molecule has 0 fully saturated rings. The van der Waals surface area contributed by atoms with E-state index in [0.717, 1.165) is 0 Å². The third-order valence-electron chi connectivity index (χ3n) is 1.17. The van der Waals surface area contributed by atoms with E-state index in [-0.39, 0.29) is 139 Å². The minimum Gasteiger partial charge on any atom is -0.549 e. The van der Waals surface area contributed by atoms with Crippen LogP contribution in [0.4, 0.5) is 0 Å². The Balaban J connectivity index is -0.0000000198. The van der Waals surface area contributed by atoms with Gasteiger partial charge in [-0.3, -0.25) is 0 Å². The molecule has 0 spiro atoms. The van der Waals surface area contributed by atoms with Gasteiger partial charge < -0.3 is 109 Å². The second-order valence-corrected chi connectivity index (χ2v) is 4.03. The van der Waals surface area contributed by atoms with Crippen molar-refractivity contribution in [3.63, 3.8) is 0 Å². The van der Waals surface area contributed by atoms with Crippen LogP contribution in [0.5, 0.6) is 0 Å². The van der Waals surface area contributed by atoms with Crippen LogP contribution in [0.3, 0.4) is 0 Å². The van der Waals surface area contributed by atoms with E-state index in [9.17, 15) is 0 Å². The Morgan fingerprint density at radius 2 is 0.341 bits per heavy atom. The molecule has 21 nitrogen and oxygen atoms in total. The second-order valence-electron chi connectivity index (χ2n) is 4.03. The van der Waals surface area contributed by atoms with Crippen molar-refractivity contribution in [2.75, 3.05) is 45.8 Å². The maximum atomic E-state index is 9.13. The quantitative estimate of drug-likeness (QED) is 0.118. The SMILES string of the molecule is Cl.Cl.Cl.Cl.NCC(=O)[O-].NCC(=O)[O-].NCC(=O)[O-].NCC(=O)[O-].NCC(=O)[O-].NCC(=O)[O-].NCC(=O)[O-].[Al+3].[Zr+4]. The standard InChI is InChI=1S/7C2H5NO2.Al.4ClH.Zr/c7*3-1-2(4)5;;;;;;/h7*1,3H2,(H,4,5);;4*1H;/q;;;;;;;+3;;;;;+4/p-7. The van der Waals surface area contributed by atoms with Gasteiger partial charge >= 0.3 is 43.6 Å². The molecular formula is C14H32AlCl4N7O14Zr. The van der Waals surface area contributed by atoms with Gasteiger partial charge in [-0.15, -0.1) is 49.6 Å². The Morgan fingerprint density at radius 3 is 0.341 bits per heavy atom. The van der Waals surface area contributed by atoms with Gasteiger partial charge in [0, 0.05) is 45.8 Å². The molecule has 0 saturated heterocycles. The molecule has 27 heteroatoms. The zero-order valence-corrected chi connectivity index (χ0v) is 27.8. The molecule has 0 unspecified atom stereocenters. The molecule has 0 aromatic carbocycles. The summed E-state index contributed by atoms with van der Waals surface area (Å²) in [5.41, 5.74) is 31.6. The van der Waals surface area contributed by atoms with Crippen molar-refractivity contribution in [3.8, 4) is 0 Å². The van der Waals surface area contributed by atoms with E-state index in [1.54, 1.807) is 0 Å². The summed E-state index contributed by atoms with van der Waals surface area (Å²) in [7, 11) is 0. The van der Waals surface area contributed by atoms with Crippen LogP contribution in [-0.4, -0.2) is 105 Å². The van der Waals surface area contributed by atoms with E-state index < -0.39 is 41.8 Å². The second kappa shape index (κ2) is 77.1. The van der Waals surface area contributed by atoms with Gasteiger partial charge in [-0.1, -0.05) is 0 Å². The molecule has 14 N–H and O–H groups in total. The summed E-state index contributed by atoms with van der Waals surface area (Å²) in [6, 6.07) is 0. The van der Waals surface area contributed by atoms with Gasteiger partial charge in [0.15, 0.2) is 0 Å². The molecule has 242 valence electrons. The first-order chi connectivity index (χ1) is 15.9. The van der Waals surface area contributed by atoms with Crippen LogP contribution in [0.1, 0.15) is 0 Å². The van der Waals surface area contributed by atoms with Crippen LogP contribution in [0.15, 0.2) is 0 Å². The molecule has 0 saturated carbocycles. The van der Waals surface area contributed by atoms with Crippen molar-refractivity contribution < 1.29 is 95.5 Å². The Bertz CT molecular complexity index is 470. The fraction of sp³-hybridized carbons (Fsp3) is 0.500. The van der Waals surface area contributed by atoms with Crippen LogP contribution in [-0.2, 0) is 59.8 Å². The summed E-state index contributed by atoms with van der Waals surface area (Å²) >= 11 is 0. The normalized spacial score (nSPS) is 6.32. The minimum absolute atomic E-state index is 0. The van der Waals surface area contributed by atoms with Crippen molar-refractivity contribution in [1.29, 1.82) is 0 Å². The average Bonchev–Trinajstić information content (AvgIpc) is 2.80. The Kier molecular flexibility index (Phi) is 157. The molecule has 0 atom stereocenters. The third-order valence-corrected chi connectivity index (χ3v) is 1.17. The number of hydrogen-bond donors (Lipinski definition) is 7. The average molecular weight is 782 g/mol. The van der Waals surface area contributed by atoms with Gasteiger partial charge in [-0.2, -0.15) is 0 Å². The van der Waals surface area contributed by atoms with Crippen LogP contribution in [0.25, 0.3) is 0 Å². The van der Waals surface area contributed by atoms with Crippen LogP contribution < -0.4 is 75.9 Å². The maximum Gasteiger partial charge on any atom is 4.00 e. The van der Waals surface area contributed by atoms with Gasteiger partial charge in [0.2, 0.25) is 0 Å². The Hall–Kier alpha value is -1.41. The zero-order valence-electron chi connectivity index (χ0n) is 20.9. The predicted octanol–water partition coefficient (Wildman–Crippen LogP) is -14.8. The van der Waals surface area contributed by atoms with E-state index >= 15 is 0 Å². The third kappa shape index (κ3) is 326. The molecule has 0 aromatic heterocycles. The van der Waals surface area contributed by atoms with Gasteiger partial charge in [0.25, 0.3) is 0 Å². The van der Waals surface area contributed by atoms with E-state index in [0.29, 0.717) is 0 Å². The monoisotopic (exact) mass is 779 g/mol. The van der Waals surface area contributed by atoms with E-state index in [2.05, 4.69) is 40.1 Å². The molecule has 0 aliphatic heterocycles. The van der Waals surface area contributed by atoms with Crippen molar-refractivity contribution in [2.24, 2.45) is 40.1 Å². The number of carbonyl (C=O) groups excluding carboxylic acids is 7. The largest absolute Gasteiger partial charge is 4.00 e. The fourth-order valence-electron chi connectivity index (χ4n) is 0. The number of rotatable bonds is 7. The summed E-state index contributed by atoms with van der Waals surface area (Å²) in [5, 5.41) is 63.9. The summed E-state index contributed by atoms with van der Waals surface area (Å²) < 4.78 is 0. The first-order valence-corrected chi connectivity index (χ1v) is 8.19. The molecule has 0 heterocycles. The number of carboxylic acids is 7. The Morgan fingerprint density at radius 1 is 0.317 bits per heavy atom. The number of aliphatic carboxylic acids is 7. The molecule has 0 radical (unpaired) electrons. The van der Waals surface area contributed by atoms with Gasteiger partial charge in [0.05, 0.1) is 41.8 Å². The van der Waals surface area contributed by atoms with Crippen molar-refractivity contribution in [2.45, 2.75) is 0 Å². The van der Waals surface area contributed by atoms with Crippen LogP contribution in [0, 0.1) is 0 Å². The number of hydrogen-bond acceptors (Lipinski definition) is 21. The molecule has 0 rings (SSSR count). The van der Waals surface area contributed by atoms with E-state index in [1.165, 1.54) is 0 Å². The molecule has 0 aliphatic carbocycles.